The van der Waals surface area contributed by atoms with Crippen molar-refractivity contribution in [3.8, 4) is 0 Å². The van der Waals surface area contributed by atoms with Gasteiger partial charge in [-0.05, 0) is 27.0 Å². The van der Waals surface area contributed by atoms with Crippen LogP contribution in [-0.2, 0) is 23.6 Å². The van der Waals surface area contributed by atoms with Crippen molar-refractivity contribution in [3.05, 3.63) is 18.0 Å². The smallest absolute Gasteiger partial charge is 0.244 e. The van der Waals surface area contributed by atoms with Crippen LogP contribution in [0.15, 0.2) is 17.2 Å². The van der Waals surface area contributed by atoms with Gasteiger partial charge >= 0.3 is 0 Å². The fourth-order valence-electron chi connectivity index (χ4n) is 2.47. The minimum atomic E-state index is -3.44. The highest BCUT2D eigenvalue weighted by molar-refractivity contribution is 7.89. The Balaban J connectivity index is 2.31. The van der Waals surface area contributed by atoms with E-state index in [0.717, 1.165) is 12.2 Å². The van der Waals surface area contributed by atoms with Gasteiger partial charge in [0.1, 0.15) is 4.90 Å². The number of aromatic nitrogens is 1. The lowest BCUT2D eigenvalue weighted by molar-refractivity contribution is 0.0801. The summed E-state index contributed by atoms with van der Waals surface area (Å²) >= 11 is 0. The Morgan fingerprint density at radius 1 is 1.30 bits per heavy atom. The van der Waals surface area contributed by atoms with E-state index in [1.165, 1.54) is 0 Å². The van der Waals surface area contributed by atoms with E-state index >= 15 is 0 Å². The molecule has 0 bridgehead atoms. The first-order valence-corrected chi connectivity index (χ1v) is 8.19. The Labute approximate surface area is 121 Å². The molecular weight excluding hydrogens is 276 g/mol. The molecule has 1 aliphatic rings. The van der Waals surface area contributed by atoms with E-state index in [2.05, 4.69) is 18.7 Å². The summed E-state index contributed by atoms with van der Waals surface area (Å²) in [6.07, 6.45) is 1.64. The second-order valence-corrected chi connectivity index (χ2v) is 7.99. The van der Waals surface area contributed by atoms with Gasteiger partial charge in [-0.3, -0.25) is 4.90 Å². The van der Waals surface area contributed by atoms with Crippen molar-refractivity contribution in [1.29, 1.82) is 0 Å². The van der Waals surface area contributed by atoms with Gasteiger partial charge in [0.05, 0.1) is 0 Å². The average molecular weight is 300 g/mol. The molecule has 2 heterocycles. The molecule has 114 valence electrons. The zero-order valence-electron chi connectivity index (χ0n) is 12.6. The number of piperazine rings is 1. The van der Waals surface area contributed by atoms with Crippen LogP contribution in [0.1, 0.15) is 19.5 Å². The lowest BCUT2D eigenvalue weighted by atomic mass is 10.0. The van der Waals surface area contributed by atoms with Gasteiger partial charge in [0.15, 0.2) is 0 Å². The number of sulfonamides is 1. The van der Waals surface area contributed by atoms with Crippen molar-refractivity contribution in [1.82, 2.24) is 13.8 Å². The summed E-state index contributed by atoms with van der Waals surface area (Å²) in [6.45, 7) is 6.22. The summed E-state index contributed by atoms with van der Waals surface area (Å²) in [7, 11) is 0.403. The fraction of sp³-hybridized carbons (Fsp3) is 0.692. The van der Waals surface area contributed by atoms with Crippen LogP contribution in [0.5, 0.6) is 0 Å². The average Bonchev–Trinajstić information content (AvgIpc) is 2.74. The summed E-state index contributed by atoms with van der Waals surface area (Å²) in [5, 5.41) is 0. The lowest BCUT2D eigenvalue weighted by Gasteiger charge is -2.44. The number of likely N-dealkylation sites (N-methyl/N-ethyl adjacent to an activating group) is 1. The van der Waals surface area contributed by atoms with Crippen molar-refractivity contribution < 1.29 is 8.42 Å². The van der Waals surface area contributed by atoms with Crippen molar-refractivity contribution in [2.24, 2.45) is 12.8 Å². The monoisotopic (exact) mass is 300 g/mol. The Morgan fingerprint density at radius 3 is 2.45 bits per heavy atom. The second kappa shape index (κ2) is 5.14. The van der Waals surface area contributed by atoms with E-state index in [0.29, 0.717) is 24.5 Å². The summed E-state index contributed by atoms with van der Waals surface area (Å²) in [4.78, 5) is 2.52. The van der Waals surface area contributed by atoms with E-state index in [9.17, 15) is 8.42 Å². The van der Waals surface area contributed by atoms with E-state index in [-0.39, 0.29) is 5.54 Å². The van der Waals surface area contributed by atoms with Crippen LogP contribution in [0.2, 0.25) is 0 Å². The SMILES string of the molecule is CN1CCN(S(=O)(=O)c2cc(CN)n(C)c2)CC1(C)C. The molecule has 1 aliphatic heterocycles. The van der Waals surface area contributed by atoms with Gasteiger partial charge in [0.25, 0.3) is 0 Å². The van der Waals surface area contributed by atoms with E-state index < -0.39 is 10.0 Å². The minimum absolute atomic E-state index is 0.156. The van der Waals surface area contributed by atoms with Gasteiger partial charge in [-0.15, -0.1) is 0 Å². The molecule has 2 N–H and O–H groups in total. The van der Waals surface area contributed by atoms with Gasteiger partial charge in [-0.1, -0.05) is 0 Å². The lowest BCUT2D eigenvalue weighted by Crippen LogP contribution is -2.58. The third-order valence-corrected chi connectivity index (χ3v) is 6.02. The van der Waals surface area contributed by atoms with Crippen molar-refractivity contribution in [2.75, 3.05) is 26.7 Å². The topological polar surface area (TPSA) is 71.6 Å². The largest absolute Gasteiger partial charge is 0.352 e. The van der Waals surface area contributed by atoms with Crippen molar-refractivity contribution >= 4 is 10.0 Å². The fourth-order valence-corrected chi connectivity index (χ4v) is 4.15. The number of rotatable bonds is 3. The number of nitrogens with two attached hydrogens (primary N) is 1. The standard InChI is InChI=1S/C13H24N4O2S/c1-13(2)10-17(6-5-16(13)4)20(18,19)12-7-11(8-14)15(3)9-12/h7,9H,5-6,8,10,14H2,1-4H3. The summed E-state index contributed by atoms with van der Waals surface area (Å²) < 4.78 is 28.8. The molecule has 1 fully saturated rings. The van der Waals surface area contributed by atoms with E-state index in [4.69, 9.17) is 5.73 Å². The number of hydrogen-bond acceptors (Lipinski definition) is 4. The Bertz CT molecular complexity index is 592. The Morgan fingerprint density at radius 2 is 1.95 bits per heavy atom. The third-order valence-electron chi connectivity index (χ3n) is 4.21. The van der Waals surface area contributed by atoms with Crippen LogP contribution < -0.4 is 5.73 Å². The Kier molecular flexibility index (Phi) is 3.98. The van der Waals surface area contributed by atoms with Gasteiger partial charge in [-0.2, -0.15) is 4.31 Å². The maximum atomic E-state index is 12.7. The van der Waals surface area contributed by atoms with Crippen LogP contribution in [0.3, 0.4) is 0 Å². The summed E-state index contributed by atoms with van der Waals surface area (Å²) in [5.41, 5.74) is 6.27. The molecular formula is C13H24N4O2S. The molecule has 2 rings (SSSR count). The van der Waals surface area contributed by atoms with E-state index in [1.807, 2.05) is 14.1 Å². The zero-order chi connectivity index (χ0) is 15.1. The van der Waals surface area contributed by atoms with Gasteiger partial charge in [-0.25, -0.2) is 8.42 Å². The zero-order valence-corrected chi connectivity index (χ0v) is 13.4. The first kappa shape index (κ1) is 15.5. The second-order valence-electron chi connectivity index (χ2n) is 6.05. The number of aryl methyl sites for hydroxylation is 1. The molecule has 1 saturated heterocycles. The van der Waals surface area contributed by atoms with Crippen LogP contribution in [0.25, 0.3) is 0 Å². The number of nitrogens with zero attached hydrogens (tertiary/aromatic N) is 3. The maximum absolute atomic E-state index is 12.7. The first-order chi connectivity index (χ1) is 9.18. The molecule has 0 unspecified atom stereocenters. The summed E-state index contributed by atoms with van der Waals surface area (Å²) in [6, 6.07) is 1.67. The molecule has 0 radical (unpaired) electrons. The van der Waals surface area contributed by atoms with Gasteiger partial charge in [0.2, 0.25) is 10.0 Å². The molecule has 20 heavy (non-hydrogen) atoms. The Hall–Kier alpha value is -0.890. The van der Waals surface area contributed by atoms with Crippen molar-refractivity contribution in [2.45, 2.75) is 30.8 Å². The van der Waals surface area contributed by atoms with E-state index in [1.54, 1.807) is 21.1 Å². The third kappa shape index (κ3) is 2.63. The molecule has 0 aromatic carbocycles. The quantitative estimate of drug-likeness (QED) is 0.865. The predicted molar refractivity (Wildman–Crippen MR) is 78.8 cm³/mol. The van der Waals surface area contributed by atoms with Gasteiger partial charge < -0.3 is 10.3 Å². The molecule has 7 heteroatoms. The van der Waals surface area contributed by atoms with Crippen LogP contribution >= 0.6 is 0 Å². The van der Waals surface area contributed by atoms with Crippen LogP contribution in [-0.4, -0.2) is 54.4 Å². The molecule has 0 spiro atoms. The van der Waals surface area contributed by atoms with Crippen LogP contribution in [0, 0.1) is 0 Å². The minimum Gasteiger partial charge on any atom is -0.352 e. The van der Waals surface area contributed by atoms with Crippen molar-refractivity contribution in [3.63, 3.8) is 0 Å². The molecule has 1 aromatic heterocycles. The molecule has 0 amide bonds. The highest BCUT2D eigenvalue weighted by Gasteiger charge is 2.37. The first-order valence-electron chi connectivity index (χ1n) is 6.75. The highest BCUT2D eigenvalue weighted by atomic mass is 32.2. The highest BCUT2D eigenvalue weighted by Crippen LogP contribution is 2.25. The maximum Gasteiger partial charge on any atom is 0.244 e. The van der Waals surface area contributed by atoms with Crippen LogP contribution in [0.4, 0.5) is 0 Å². The number of hydrogen-bond donors (Lipinski definition) is 1. The van der Waals surface area contributed by atoms with Gasteiger partial charge in [0, 0.05) is 50.7 Å². The molecule has 0 aliphatic carbocycles. The normalized spacial score (nSPS) is 21.2. The molecule has 6 nitrogen and oxygen atoms in total. The molecule has 1 aromatic rings. The predicted octanol–water partition coefficient (Wildman–Crippen LogP) is 0.199. The molecule has 0 atom stereocenters. The molecule has 0 saturated carbocycles. The summed E-state index contributed by atoms with van der Waals surface area (Å²) in [5.74, 6) is 0.